The Balaban J connectivity index is 1.91. The number of ether oxygens (including phenoxy) is 1. The summed E-state index contributed by atoms with van der Waals surface area (Å²) in [6.45, 7) is 5.96. The molecule has 1 atom stereocenters. The van der Waals surface area contributed by atoms with Crippen LogP contribution < -0.4 is 5.73 Å². The maximum Gasteiger partial charge on any atom is 0.410 e. The van der Waals surface area contributed by atoms with Crippen molar-refractivity contribution in [3.63, 3.8) is 0 Å². The number of aromatic nitrogens is 3. The minimum absolute atomic E-state index is 0.129. The maximum atomic E-state index is 12.2. The van der Waals surface area contributed by atoms with Crippen LogP contribution in [0.15, 0.2) is 16.9 Å². The van der Waals surface area contributed by atoms with Crippen molar-refractivity contribution in [2.24, 2.45) is 0 Å². The van der Waals surface area contributed by atoms with E-state index in [1.165, 1.54) is 11.2 Å². The number of hydrogen-bond acceptors (Lipinski definition) is 6. The number of nitrogen functional groups attached to an aromatic ring is 1. The van der Waals surface area contributed by atoms with Crippen molar-refractivity contribution in [2.75, 3.05) is 18.8 Å². The summed E-state index contributed by atoms with van der Waals surface area (Å²) >= 11 is 3.43. The van der Waals surface area contributed by atoms with Crippen molar-refractivity contribution in [1.29, 1.82) is 0 Å². The van der Waals surface area contributed by atoms with Gasteiger partial charge in [0.25, 0.3) is 0 Å². The number of fused-ring (bicyclic) bond motifs is 1. The number of rotatable bonds is 1. The van der Waals surface area contributed by atoms with E-state index in [4.69, 9.17) is 10.5 Å². The molecule has 3 N–H and O–H groups in total. The monoisotopic (exact) mass is 397 g/mol. The molecule has 130 valence electrons. The summed E-state index contributed by atoms with van der Waals surface area (Å²) in [4.78, 5) is 17.7. The number of anilines is 1. The minimum Gasteiger partial charge on any atom is -0.444 e. The highest BCUT2D eigenvalue weighted by Gasteiger charge is 2.43. The summed E-state index contributed by atoms with van der Waals surface area (Å²) in [5, 5.41) is 15.3. The zero-order valence-corrected chi connectivity index (χ0v) is 15.4. The molecule has 0 saturated carbocycles. The molecule has 2 aromatic rings. The normalized spacial score (nSPS) is 21.5. The lowest BCUT2D eigenvalue weighted by Gasteiger charge is -2.26. The summed E-state index contributed by atoms with van der Waals surface area (Å²) in [7, 11) is 0. The Morgan fingerprint density at radius 1 is 1.50 bits per heavy atom. The van der Waals surface area contributed by atoms with Gasteiger partial charge < -0.3 is 20.5 Å². The van der Waals surface area contributed by atoms with Crippen LogP contribution in [0.3, 0.4) is 0 Å². The third-order valence-electron chi connectivity index (χ3n) is 3.91. The number of nitrogens with zero attached hydrogens (tertiary/aromatic N) is 4. The van der Waals surface area contributed by atoms with Gasteiger partial charge in [0.1, 0.15) is 23.0 Å². The van der Waals surface area contributed by atoms with Crippen LogP contribution in [0.25, 0.3) is 5.52 Å². The first-order chi connectivity index (χ1) is 11.1. The number of carbonyl (C=O) groups excluding carboxylic acids is 1. The molecule has 1 fully saturated rings. The molecule has 2 aromatic heterocycles. The molecular weight excluding hydrogens is 378 g/mol. The quantitative estimate of drug-likeness (QED) is 0.760. The van der Waals surface area contributed by atoms with Crippen molar-refractivity contribution in [1.82, 2.24) is 19.5 Å². The van der Waals surface area contributed by atoms with E-state index in [0.29, 0.717) is 34.5 Å². The van der Waals surface area contributed by atoms with Crippen molar-refractivity contribution < 1.29 is 14.6 Å². The third-order valence-corrected chi connectivity index (χ3v) is 4.52. The zero-order valence-electron chi connectivity index (χ0n) is 13.8. The van der Waals surface area contributed by atoms with Crippen molar-refractivity contribution in [3.05, 3.63) is 22.6 Å². The first-order valence-corrected chi connectivity index (χ1v) is 8.38. The molecular formula is C15H20BrN5O3. The molecule has 8 nitrogen and oxygen atoms in total. The van der Waals surface area contributed by atoms with Crippen LogP contribution in [0.1, 0.15) is 32.9 Å². The zero-order chi connectivity index (χ0) is 17.7. The summed E-state index contributed by atoms with van der Waals surface area (Å²) in [5.74, 6) is 0.314. The van der Waals surface area contributed by atoms with Crippen LogP contribution in [-0.2, 0) is 10.3 Å². The number of aliphatic hydroxyl groups is 1. The van der Waals surface area contributed by atoms with Crippen molar-refractivity contribution in [2.45, 2.75) is 38.4 Å². The summed E-state index contributed by atoms with van der Waals surface area (Å²) in [6, 6.07) is 1.76. The van der Waals surface area contributed by atoms with Gasteiger partial charge in [-0.25, -0.2) is 14.3 Å². The number of halogens is 1. The molecule has 1 saturated heterocycles. The summed E-state index contributed by atoms with van der Waals surface area (Å²) in [5.41, 5.74) is 5.23. The number of carbonyl (C=O) groups is 1. The predicted octanol–water partition coefficient (Wildman–Crippen LogP) is 1.90. The predicted molar refractivity (Wildman–Crippen MR) is 91.4 cm³/mol. The molecule has 1 aliphatic rings. The molecule has 0 radical (unpaired) electrons. The average Bonchev–Trinajstić information content (AvgIpc) is 3.01. The van der Waals surface area contributed by atoms with Gasteiger partial charge in [0.05, 0.1) is 12.2 Å². The molecule has 0 aliphatic carbocycles. The van der Waals surface area contributed by atoms with Crippen LogP contribution >= 0.6 is 15.9 Å². The Morgan fingerprint density at radius 3 is 2.88 bits per heavy atom. The van der Waals surface area contributed by atoms with E-state index in [2.05, 4.69) is 26.0 Å². The van der Waals surface area contributed by atoms with Gasteiger partial charge in [-0.05, 0) is 42.8 Å². The maximum absolute atomic E-state index is 12.2. The Morgan fingerprint density at radius 2 is 2.21 bits per heavy atom. The SMILES string of the molecule is CC(C)(C)OC(=O)N1CCC(O)(c2cc(Br)c3c(N)ncnn23)C1. The molecule has 1 amide bonds. The number of likely N-dealkylation sites (tertiary alicyclic amines) is 1. The van der Waals surface area contributed by atoms with Crippen LogP contribution in [-0.4, -0.2) is 49.4 Å². The van der Waals surface area contributed by atoms with Crippen LogP contribution in [0, 0.1) is 0 Å². The van der Waals surface area contributed by atoms with Gasteiger partial charge in [0.2, 0.25) is 0 Å². The molecule has 1 aliphatic heterocycles. The van der Waals surface area contributed by atoms with Gasteiger partial charge in [0, 0.05) is 17.4 Å². The van der Waals surface area contributed by atoms with Crippen LogP contribution in [0.2, 0.25) is 0 Å². The second-order valence-electron chi connectivity index (χ2n) is 6.97. The first kappa shape index (κ1) is 17.0. The topological polar surface area (TPSA) is 106 Å². The van der Waals surface area contributed by atoms with Crippen molar-refractivity contribution >= 4 is 33.4 Å². The lowest BCUT2D eigenvalue weighted by atomic mass is 9.99. The molecule has 0 spiro atoms. The van der Waals surface area contributed by atoms with E-state index in [0.717, 1.165) is 0 Å². The Bertz CT molecular complexity index is 800. The summed E-state index contributed by atoms with van der Waals surface area (Å²) in [6.07, 6.45) is 1.28. The molecule has 9 heteroatoms. The largest absolute Gasteiger partial charge is 0.444 e. The fraction of sp³-hybridized carbons (Fsp3) is 0.533. The number of β-amino-alcohol motifs (C(OH)–C–C–N with tert-alkyl or cyclic N) is 1. The highest BCUT2D eigenvalue weighted by atomic mass is 79.9. The molecule has 1 unspecified atom stereocenters. The summed E-state index contributed by atoms with van der Waals surface area (Å²) < 4.78 is 7.63. The van der Waals surface area contributed by atoms with Gasteiger partial charge in [-0.3, -0.25) is 0 Å². The molecule has 24 heavy (non-hydrogen) atoms. The lowest BCUT2D eigenvalue weighted by Crippen LogP contribution is -2.38. The number of amides is 1. The second kappa shape index (κ2) is 5.59. The standard InChI is InChI=1S/C15H20BrN5O3/c1-14(2,3)24-13(22)20-5-4-15(23,7-20)10-6-9(16)11-12(17)18-8-19-21(10)11/h6,8,23H,4-5,7H2,1-3H3,(H2,17,18,19). The fourth-order valence-corrected chi connectivity index (χ4v) is 3.43. The minimum atomic E-state index is -1.23. The van der Waals surface area contributed by atoms with Gasteiger partial charge in [-0.1, -0.05) is 0 Å². The third kappa shape index (κ3) is 2.93. The van der Waals surface area contributed by atoms with E-state index in [1.54, 1.807) is 10.6 Å². The molecule has 0 bridgehead atoms. The van der Waals surface area contributed by atoms with Crippen LogP contribution in [0.5, 0.6) is 0 Å². The highest BCUT2D eigenvalue weighted by molar-refractivity contribution is 9.10. The van der Waals surface area contributed by atoms with Crippen LogP contribution in [0.4, 0.5) is 10.6 Å². The van der Waals surface area contributed by atoms with Gasteiger partial charge >= 0.3 is 6.09 Å². The van der Waals surface area contributed by atoms with Crippen molar-refractivity contribution in [3.8, 4) is 0 Å². The average molecular weight is 398 g/mol. The van der Waals surface area contributed by atoms with E-state index in [-0.39, 0.29) is 6.54 Å². The van der Waals surface area contributed by atoms with Gasteiger partial charge in [-0.2, -0.15) is 5.10 Å². The molecule has 0 aromatic carbocycles. The van der Waals surface area contributed by atoms with E-state index in [1.807, 2.05) is 20.8 Å². The second-order valence-corrected chi connectivity index (χ2v) is 7.82. The lowest BCUT2D eigenvalue weighted by molar-refractivity contribution is 0.0121. The first-order valence-electron chi connectivity index (χ1n) is 7.59. The van der Waals surface area contributed by atoms with E-state index in [9.17, 15) is 9.90 Å². The van der Waals surface area contributed by atoms with E-state index < -0.39 is 17.3 Å². The highest BCUT2D eigenvalue weighted by Crippen LogP contribution is 2.37. The van der Waals surface area contributed by atoms with Gasteiger partial charge in [-0.15, -0.1) is 0 Å². The Hall–Kier alpha value is -1.87. The smallest absolute Gasteiger partial charge is 0.410 e. The van der Waals surface area contributed by atoms with E-state index >= 15 is 0 Å². The molecule has 3 rings (SSSR count). The Kier molecular flexibility index (Phi) is 3.95. The fourth-order valence-electron chi connectivity index (χ4n) is 2.84. The van der Waals surface area contributed by atoms with Gasteiger partial charge in [0.15, 0.2) is 5.82 Å². The number of nitrogens with two attached hydrogens (primary N) is 1. The number of hydrogen-bond donors (Lipinski definition) is 2. The molecule has 3 heterocycles. The Labute approximate surface area is 147 Å².